The smallest absolute Gasteiger partial charge is 0.259 e. The maximum atomic E-state index is 12.8. The molecule has 134 valence electrons. The van der Waals surface area contributed by atoms with Gasteiger partial charge in [0.25, 0.3) is 11.8 Å². The lowest BCUT2D eigenvalue weighted by atomic mass is 9.76. The van der Waals surface area contributed by atoms with E-state index in [0.717, 1.165) is 46.3 Å². The van der Waals surface area contributed by atoms with Crippen LogP contribution in [0.4, 0.5) is 0 Å². The number of amides is 2. The van der Waals surface area contributed by atoms with Crippen molar-refractivity contribution in [3.05, 3.63) is 75.9 Å². The molecular formula is C23H25NO2. The van der Waals surface area contributed by atoms with E-state index in [-0.39, 0.29) is 17.7 Å². The summed E-state index contributed by atoms with van der Waals surface area (Å²) in [6, 6.07) is 6.02. The van der Waals surface area contributed by atoms with Gasteiger partial charge in [-0.05, 0) is 60.1 Å². The first-order valence-electron chi connectivity index (χ1n) is 9.17. The minimum atomic E-state index is -0.302. The Labute approximate surface area is 155 Å². The lowest BCUT2D eigenvalue weighted by molar-refractivity contribution is -0.123. The zero-order chi connectivity index (χ0) is 19.0. The molecule has 2 amide bonds. The Morgan fingerprint density at radius 3 is 2.38 bits per heavy atom. The van der Waals surface area contributed by atoms with E-state index in [9.17, 15) is 9.59 Å². The van der Waals surface area contributed by atoms with Gasteiger partial charge in [0.2, 0.25) is 0 Å². The highest BCUT2D eigenvalue weighted by molar-refractivity contribution is 6.38. The van der Waals surface area contributed by atoms with E-state index < -0.39 is 0 Å². The molecule has 3 heteroatoms. The van der Waals surface area contributed by atoms with Gasteiger partial charge < -0.3 is 0 Å². The molecule has 1 unspecified atom stereocenters. The van der Waals surface area contributed by atoms with E-state index >= 15 is 0 Å². The minimum Gasteiger partial charge on any atom is -0.288 e. The number of imide groups is 1. The molecule has 0 radical (unpaired) electrons. The number of rotatable bonds is 4. The third kappa shape index (κ3) is 2.78. The number of benzene rings is 1. The molecular weight excluding hydrogens is 322 g/mol. The third-order valence-corrected chi connectivity index (χ3v) is 5.37. The number of aryl methyl sites for hydroxylation is 2. The summed E-state index contributed by atoms with van der Waals surface area (Å²) >= 11 is 0. The predicted octanol–water partition coefficient (Wildman–Crippen LogP) is 4.44. The molecule has 2 aliphatic rings. The molecule has 0 spiro atoms. The summed E-state index contributed by atoms with van der Waals surface area (Å²) < 4.78 is 0. The zero-order valence-corrected chi connectivity index (χ0v) is 15.9. The monoisotopic (exact) mass is 347 g/mol. The number of carbonyl (C=O) groups is 2. The second-order valence-electron chi connectivity index (χ2n) is 6.96. The fourth-order valence-corrected chi connectivity index (χ4v) is 4.07. The third-order valence-electron chi connectivity index (χ3n) is 5.37. The average Bonchev–Trinajstić information content (AvgIpc) is 2.89. The molecule has 3 rings (SSSR count). The topological polar surface area (TPSA) is 46.2 Å². The van der Waals surface area contributed by atoms with Gasteiger partial charge in [0.15, 0.2) is 0 Å². The number of hydrogen-bond donors (Lipinski definition) is 1. The minimum absolute atomic E-state index is 0.0516. The van der Waals surface area contributed by atoms with Gasteiger partial charge in [-0.2, -0.15) is 0 Å². The van der Waals surface area contributed by atoms with Crippen LogP contribution in [0.5, 0.6) is 0 Å². The highest BCUT2D eigenvalue weighted by Crippen LogP contribution is 2.41. The standard InChI is InChI=1S/C23H25NO2/c1-6-16-10-8-9-14(4)18(16)20-21(23(26)24-22(20)25)19-15(5)12-11-13(3)17(19)7-2/h8-12,17H,3,6-7H2,1-2,4-5H3,(H,24,25,26). The largest absolute Gasteiger partial charge is 0.288 e. The van der Waals surface area contributed by atoms with Crippen molar-refractivity contribution < 1.29 is 9.59 Å². The van der Waals surface area contributed by atoms with Crippen molar-refractivity contribution in [2.45, 2.75) is 40.5 Å². The molecule has 0 saturated heterocycles. The summed E-state index contributed by atoms with van der Waals surface area (Å²) in [5, 5.41) is 2.53. The van der Waals surface area contributed by atoms with E-state index in [2.05, 4.69) is 25.7 Å². The van der Waals surface area contributed by atoms with Gasteiger partial charge in [-0.25, -0.2) is 0 Å². The highest BCUT2D eigenvalue weighted by Gasteiger charge is 2.38. The summed E-state index contributed by atoms with van der Waals surface area (Å²) in [6.07, 6.45) is 5.63. The zero-order valence-electron chi connectivity index (χ0n) is 15.9. The Bertz CT molecular complexity index is 912. The quantitative estimate of drug-likeness (QED) is 0.819. The fourth-order valence-electron chi connectivity index (χ4n) is 4.07. The van der Waals surface area contributed by atoms with E-state index in [1.807, 2.05) is 44.2 Å². The molecule has 1 atom stereocenters. The molecule has 1 heterocycles. The van der Waals surface area contributed by atoms with E-state index in [0.29, 0.717) is 11.1 Å². The van der Waals surface area contributed by atoms with Gasteiger partial charge in [-0.15, -0.1) is 0 Å². The molecule has 0 saturated carbocycles. The van der Waals surface area contributed by atoms with E-state index in [1.54, 1.807) is 0 Å². The van der Waals surface area contributed by atoms with Crippen LogP contribution >= 0.6 is 0 Å². The molecule has 0 fully saturated rings. The molecule has 0 aromatic heterocycles. The van der Waals surface area contributed by atoms with E-state index in [1.165, 1.54) is 0 Å². The van der Waals surface area contributed by atoms with Crippen LogP contribution in [0.15, 0.2) is 59.2 Å². The molecule has 1 aromatic rings. The first kappa shape index (κ1) is 18.1. The molecule has 1 aromatic carbocycles. The van der Waals surface area contributed by atoms with Crippen LogP contribution in [0.25, 0.3) is 5.57 Å². The van der Waals surface area contributed by atoms with Gasteiger partial charge in [-0.1, -0.05) is 50.8 Å². The molecule has 0 bridgehead atoms. The summed E-state index contributed by atoms with van der Waals surface area (Å²) in [7, 11) is 0. The number of hydrogen-bond acceptors (Lipinski definition) is 2. The van der Waals surface area contributed by atoms with Gasteiger partial charge in [-0.3, -0.25) is 14.9 Å². The first-order valence-corrected chi connectivity index (χ1v) is 9.17. The van der Waals surface area contributed by atoms with Crippen molar-refractivity contribution in [3.63, 3.8) is 0 Å². The van der Waals surface area contributed by atoms with Crippen molar-refractivity contribution in [2.75, 3.05) is 0 Å². The summed E-state index contributed by atoms with van der Waals surface area (Å²) in [5.41, 5.74) is 6.96. The average molecular weight is 347 g/mol. The fraction of sp³-hybridized carbons (Fsp3) is 0.304. The normalized spacial score (nSPS) is 20.3. The van der Waals surface area contributed by atoms with Crippen molar-refractivity contribution in [1.29, 1.82) is 0 Å². The molecule has 3 nitrogen and oxygen atoms in total. The van der Waals surface area contributed by atoms with Gasteiger partial charge in [0.05, 0.1) is 11.1 Å². The highest BCUT2D eigenvalue weighted by atomic mass is 16.2. The molecule has 1 aliphatic heterocycles. The van der Waals surface area contributed by atoms with Gasteiger partial charge in [0.1, 0.15) is 0 Å². The number of carbonyl (C=O) groups excluding carboxylic acids is 2. The summed E-state index contributed by atoms with van der Waals surface area (Å²) in [5.74, 6) is -0.550. The number of nitrogens with one attached hydrogen (secondary N) is 1. The number of allylic oxidation sites excluding steroid dienone is 4. The van der Waals surface area contributed by atoms with Crippen LogP contribution in [0, 0.1) is 12.8 Å². The second-order valence-corrected chi connectivity index (χ2v) is 6.96. The molecule has 26 heavy (non-hydrogen) atoms. The van der Waals surface area contributed by atoms with Gasteiger partial charge in [0, 0.05) is 5.92 Å². The lowest BCUT2D eigenvalue weighted by Gasteiger charge is -2.26. The Morgan fingerprint density at radius 2 is 1.73 bits per heavy atom. The Morgan fingerprint density at radius 1 is 1.04 bits per heavy atom. The molecule has 1 aliphatic carbocycles. The van der Waals surface area contributed by atoms with Crippen molar-refractivity contribution in [3.8, 4) is 0 Å². The van der Waals surface area contributed by atoms with Crippen LogP contribution in [0.1, 0.15) is 43.9 Å². The van der Waals surface area contributed by atoms with Crippen molar-refractivity contribution in [1.82, 2.24) is 5.32 Å². The van der Waals surface area contributed by atoms with Gasteiger partial charge >= 0.3 is 0 Å². The molecule has 1 N–H and O–H groups in total. The van der Waals surface area contributed by atoms with Crippen LogP contribution in [0.2, 0.25) is 0 Å². The maximum Gasteiger partial charge on any atom is 0.259 e. The lowest BCUT2D eigenvalue weighted by Crippen LogP contribution is -2.25. The van der Waals surface area contributed by atoms with E-state index in [4.69, 9.17) is 0 Å². The SMILES string of the molecule is C=C1C=CC(C)=C(C2=C(c3c(C)cccc3CC)C(=O)NC2=O)C1CC. The van der Waals surface area contributed by atoms with Crippen LogP contribution in [-0.2, 0) is 16.0 Å². The Balaban J connectivity index is 2.36. The summed E-state index contributed by atoms with van der Waals surface area (Å²) in [4.78, 5) is 25.6. The van der Waals surface area contributed by atoms with Crippen LogP contribution < -0.4 is 5.32 Å². The van der Waals surface area contributed by atoms with Crippen LogP contribution in [0.3, 0.4) is 0 Å². The predicted molar refractivity (Wildman–Crippen MR) is 105 cm³/mol. The Kier molecular flexibility index (Phi) is 4.82. The first-order chi connectivity index (χ1) is 12.4. The van der Waals surface area contributed by atoms with Crippen molar-refractivity contribution >= 4 is 17.4 Å². The second kappa shape index (κ2) is 6.91. The van der Waals surface area contributed by atoms with Crippen LogP contribution in [-0.4, -0.2) is 11.8 Å². The maximum absolute atomic E-state index is 12.8. The Hall–Kier alpha value is -2.68. The van der Waals surface area contributed by atoms with Crippen molar-refractivity contribution in [2.24, 2.45) is 5.92 Å². The summed E-state index contributed by atoms with van der Waals surface area (Å²) in [6.45, 7) is 12.3.